The van der Waals surface area contributed by atoms with Crippen LogP contribution in [0, 0.1) is 17.2 Å². The molecule has 0 bridgehead atoms. The van der Waals surface area contributed by atoms with Crippen molar-refractivity contribution in [1.29, 1.82) is 0 Å². The average molecular weight is 334 g/mol. The fourth-order valence-corrected chi connectivity index (χ4v) is 3.11. The van der Waals surface area contributed by atoms with Gasteiger partial charge in [-0.05, 0) is 43.4 Å². The minimum absolute atomic E-state index is 0.0473. The number of halogens is 1. The van der Waals surface area contributed by atoms with Gasteiger partial charge in [0.2, 0.25) is 11.8 Å². The number of nitrogens with zero attached hydrogens (tertiary/aromatic N) is 1. The third-order valence-electron chi connectivity index (χ3n) is 4.55. The number of benzene rings is 1. The number of likely N-dealkylation sites (tertiary alicyclic amines) is 1. The molecule has 2 rings (SSSR count). The zero-order valence-electron chi connectivity index (χ0n) is 14.8. The van der Waals surface area contributed by atoms with Gasteiger partial charge in [-0.3, -0.25) is 9.59 Å². The van der Waals surface area contributed by atoms with Crippen LogP contribution in [-0.4, -0.2) is 29.8 Å². The number of hydrogen-bond donors (Lipinski definition) is 1. The molecule has 1 fully saturated rings. The summed E-state index contributed by atoms with van der Waals surface area (Å²) in [5.74, 6) is 0.109. The summed E-state index contributed by atoms with van der Waals surface area (Å²) in [6.45, 7) is 7.53. The molecule has 0 aromatic heterocycles. The summed E-state index contributed by atoms with van der Waals surface area (Å²) in [5.41, 5.74) is 0.294. The Morgan fingerprint density at radius 1 is 1.29 bits per heavy atom. The van der Waals surface area contributed by atoms with Gasteiger partial charge in [0, 0.05) is 26.1 Å². The van der Waals surface area contributed by atoms with E-state index in [0.29, 0.717) is 25.4 Å². The summed E-state index contributed by atoms with van der Waals surface area (Å²) in [7, 11) is 0. The van der Waals surface area contributed by atoms with E-state index in [4.69, 9.17) is 0 Å². The molecule has 1 aliphatic heterocycles. The molecule has 0 saturated carbocycles. The molecule has 24 heavy (non-hydrogen) atoms. The van der Waals surface area contributed by atoms with E-state index in [2.05, 4.69) is 5.32 Å². The minimum atomic E-state index is -0.565. The van der Waals surface area contributed by atoms with Crippen LogP contribution in [-0.2, 0) is 16.1 Å². The summed E-state index contributed by atoms with van der Waals surface area (Å²) >= 11 is 0. The first-order chi connectivity index (χ1) is 11.3. The SMILES string of the molecule is CC(C)CC(=O)N1CCCC(C)(C(=O)NCc2ccc(F)cc2)C1. The van der Waals surface area contributed by atoms with Crippen LogP contribution in [0.4, 0.5) is 4.39 Å². The Bertz CT molecular complexity index is 586. The Kier molecular flexibility index (Phi) is 5.97. The molecule has 1 aliphatic rings. The zero-order valence-corrected chi connectivity index (χ0v) is 14.8. The van der Waals surface area contributed by atoms with E-state index in [9.17, 15) is 14.0 Å². The molecule has 4 nitrogen and oxygen atoms in total. The maximum atomic E-state index is 12.9. The summed E-state index contributed by atoms with van der Waals surface area (Å²) < 4.78 is 12.9. The summed E-state index contributed by atoms with van der Waals surface area (Å²) in [5, 5.41) is 2.93. The van der Waals surface area contributed by atoms with Crippen molar-refractivity contribution in [3.63, 3.8) is 0 Å². The Morgan fingerprint density at radius 3 is 2.58 bits per heavy atom. The van der Waals surface area contributed by atoms with Crippen molar-refractivity contribution in [2.75, 3.05) is 13.1 Å². The molecule has 132 valence electrons. The van der Waals surface area contributed by atoms with Crippen LogP contribution in [0.3, 0.4) is 0 Å². The molecule has 1 N–H and O–H groups in total. The molecule has 1 saturated heterocycles. The first kappa shape index (κ1) is 18.4. The lowest BCUT2D eigenvalue weighted by atomic mass is 9.80. The van der Waals surface area contributed by atoms with Crippen molar-refractivity contribution in [2.24, 2.45) is 11.3 Å². The van der Waals surface area contributed by atoms with Gasteiger partial charge in [-0.1, -0.05) is 26.0 Å². The standard InChI is InChI=1S/C19H27FN2O2/c1-14(2)11-17(23)22-10-4-9-19(3,13-22)18(24)21-12-15-5-7-16(20)8-6-15/h5-8,14H,4,9-13H2,1-3H3,(H,21,24). The van der Waals surface area contributed by atoms with Gasteiger partial charge in [0.25, 0.3) is 0 Å². The highest BCUT2D eigenvalue weighted by molar-refractivity contribution is 5.84. The van der Waals surface area contributed by atoms with Crippen LogP contribution in [0.5, 0.6) is 0 Å². The molecule has 0 radical (unpaired) electrons. The van der Waals surface area contributed by atoms with Crippen molar-refractivity contribution < 1.29 is 14.0 Å². The zero-order chi connectivity index (χ0) is 17.7. The Labute approximate surface area is 143 Å². The molecule has 1 aromatic carbocycles. The number of rotatable bonds is 5. The van der Waals surface area contributed by atoms with Gasteiger partial charge < -0.3 is 10.2 Å². The second-order valence-corrected chi connectivity index (χ2v) is 7.39. The Hall–Kier alpha value is -1.91. The molecule has 0 spiro atoms. The van der Waals surface area contributed by atoms with Gasteiger partial charge in [-0.25, -0.2) is 4.39 Å². The van der Waals surface area contributed by atoms with E-state index in [1.165, 1.54) is 12.1 Å². The van der Waals surface area contributed by atoms with Gasteiger partial charge >= 0.3 is 0 Å². The van der Waals surface area contributed by atoms with E-state index >= 15 is 0 Å². The summed E-state index contributed by atoms with van der Waals surface area (Å²) in [6.07, 6.45) is 2.13. The van der Waals surface area contributed by atoms with E-state index in [1.54, 1.807) is 12.1 Å². The quantitative estimate of drug-likeness (QED) is 0.899. The number of hydrogen-bond acceptors (Lipinski definition) is 2. The lowest BCUT2D eigenvalue weighted by Crippen LogP contribution is -2.51. The fourth-order valence-electron chi connectivity index (χ4n) is 3.11. The van der Waals surface area contributed by atoms with Gasteiger partial charge in [0.15, 0.2) is 0 Å². The highest BCUT2D eigenvalue weighted by Gasteiger charge is 2.39. The molecule has 1 aromatic rings. The molecular formula is C19H27FN2O2. The second kappa shape index (κ2) is 7.77. The topological polar surface area (TPSA) is 49.4 Å². The van der Waals surface area contributed by atoms with Crippen LogP contribution >= 0.6 is 0 Å². The number of carbonyl (C=O) groups is 2. The number of nitrogens with one attached hydrogen (secondary N) is 1. The Morgan fingerprint density at radius 2 is 1.96 bits per heavy atom. The highest BCUT2D eigenvalue weighted by Crippen LogP contribution is 2.30. The molecule has 1 heterocycles. The van der Waals surface area contributed by atoms with Crippen LogP contribution in [0.15, 0.2) is 24.3 Å². The van der Waals surface area contributed by atoms with Gasteiger partial charge in [0.05, 0.1) is 5.41 Å². The molecule has 1 unspecified atom stereocenters. The van der Waals surface area contributed by atoms with Crippen LogP contribution < -0.4 is 5.32 Å². The molecule has 1 atom stereocenters. The molecule has 5 heteroatoms. The van der Waals surface area contributed by atoms with Gasteiger partial charge in [0.1, 0.15) is 5.82 Å². The maximum Gasteiger partial charge on any atom is 0.227 e. The fraction of sp³-hybridized carbons (Fsp3) is 0.579. The first-order valence-corrected chi connectivity index (χ1v) is 8.61. The van der Waals surface area contributed by atoms with E-state index in [0.717, 1.165) is 24.9 Å². The smallest absolute Gasteiger partial charge is 0.227 e. The molecule has 2 amide bonds. The predicted octanol–water partition coefficient (Wildman–Crippen LogP) is 3.12. The van der Waals surface area contributed by atoms with E-state index in [-0.39, 0.29) is 17.6 Å². The van der Waals surface area contributed by atoms with Crippen LogP contribution in [0.2, 0.25) is 0 Å². The van der Waals surface area contributed by atoms with Crippen molar-refractivity contribution in [1.82, 2.24) is 10.2 Å². The molecular weight excluding hydrogens is 307 g/mol. The third-order valence-corrected chi connectivity index (χ3v) is 4.55. The number of amides is 2. The largest absolute Gasteiger partial charge is 0.351 e. The maximum absolute atomic E-state index is 12.9. The number of carbonyl (C=O) groups excluding carboxylic acids is 2. The van der Waals surface area contributed by atoms with Crippen molar-refractivity contribution in [2.45, 2.75) is 46.6 Å². The van der Waals surface area contributed by atoms with Crippen molar-refractivity contribution in [3.8, 4) is 0 Å². The lowest BCUT2D eigenvalue weighted by molar-refractivity contribution is -0.141. The Balaban J connectivity index is 1.94. The highest BCUT2D eigenvalue weighted by atomic mass is 19.1. The first-order valence-electron chi connectivity index (χ1n) is 8.61. The minimum Gasteiger partial charge on any atom is -0.351 e. The summed E-state index contributed by atoms with van der Waals surface area (Å²) in [4.78, 5) is 26.7. The van der Waals surface area contributed by atoms with Crippen molar-refractivity contribution >= 4 is 11.8 Å². The predicted molar refractivity (Wildman–Crippen MR) is 91.6 cm³/mol. The lowest BCUT2D eigenvalue weighted by Gasteiger charge is -2.39. The van der Waals surface area contributed by atoms with Crippen LogP contribution in [0.25, 0.3) is 0 Å². The number of piperidine rings is 1. The third kappa shape index (κ3) is 4.79. The van der Waals surface area contributed by atoms with Crippen LogP contribution in [0.1, 0.15) is 45.6 Å². The van der Waals surface area contributed by atoms with Crippen molar-refractivity contribution in [3.05, 3.63) is 35.6 Å². The second-order valence-electron chi connectivity index (χ2n) is 7.39. The van der Waals surface area contributed by atoms with Gasteiger partial charge in [-0.15, -0.1) is 0 Å². The van der Waals surface area contributed by atoms with Gasteiger partial charge in [-0.2, -0.15) is 0 Å². The van der Waals surface area contributed by atoms with E-state index in [1.807, 2.05) is 25.7 Å². The average Bonchev–Trinajstić information content (AvgIpc) is 2.53. The molecule has 0 aliphatic carbocycles. The monoisotopic (exact) mass is 334 g/mol. The van der Waals surface area contributed by atoms with E-state index < -0.39 is 5.41 Å². The normalized spacial score (nSPS) is 21.0. The summed E-state index contributed by atoms with van der Waals surface area (Å²) in [6, 6.07) is 6.10.